The summed E-state index contributed by atoms with van der Waals surface area (Å²) in [5, 5.41) is 4.50. The fraction of sp³-hybridized carbons (Fsp3) is 0.438. The van der Waals surface area contributed by atoms with Gasteiger partial charge in [0.05, 0.1) is 6.67 Å². The molecule has 1 amide bonds. The Hall–Kier alpha value is -2.06. The van der Waals surface area contributed by atoms with Crippen LogP contribution in [0.5, 0.6) is 0 Å². The van der Waals surface area contributed by atoms with Crippen LogP contribution in [0.1, 0.15) is 24.7 Å². The van der Waals surface area contributed by atoms with Crippen molar-refractivity contribution in [3.05, 3.63) is 46.2 Å². The third kappa shape index (κ3) is 4.72. The number of hydrogen-bond acceptors (Lipinski definition) is 4. The van der Waals surface area contributed by atoms with Crippen LogP contribution in [0.3, 0.4) is 0 Å². The highest BCUT2D eigenvalue weighted by Gasteiger charge is 2.12. The number of carbonyl (C=O) groups excluding carboxylic acids is 1. The Morgan fingerprint density at radius 2 is 2.21 bits per heavy atom. The summed E-state index contributed by atoms with van der Waals surface area (Å²) in [5.41, 5.74) is 6.09. The first-order chi connectivity index (χ1) is 11.4. The number of primary amides is 1. The first-order valence-electron chi connectivity index (χ1n) is 7.78. The molecule has 2 rings (SSSR count). The Bertz CT molecular complexity index is 770. The molecule has 0 aliphatic carbocycles. The maximum atomic E-state index is 13.3. The van der Waals surface area contributed by atoms with Gasteiger partial charge in [-0.15, -0.1) is 0 Å². The highest BCUT2D eigenvalue weighted by atomic mass is 32.1. The summed E-state index contributed by atoms with van der Waals surface area (Å²) in [5.74, 6) is 0.142. The van der Waals surface area contributed by atoms with E-state index in [4.69, 9.17) is 18.0 Å². The second kappa shape index (κ2) is 8.16. The van der Waals surface area contributed by atoms with E-state index in [9.17, 15) is 9.18 Å². The lowest BCUT2D eigenvalue weighted by Crippen LogP contribution is -2.22. The zero-order chi connectivity index (χ0) is 17.7. The summed E-state index contributed by atoms with van der Waals surface area (Å²) in [6.45, 7) is 3.72. The average Bonchev–Trinajstić information content (AvgIpc) is 2.80. The number of hydrogen-bond donors (Lipinski definition) is 1. The highest BCUT2D eigenvalue weighted by molar-refractivity contribution is 7.71. The van der Waals surface area contributed by atoms with Gasteiger partial charge in [0.1, 0.15) is 11.6 Å². The van der Waals surface area contributed by atoms with E-state index in [0.717, 1.165) is 11.4 Å². The van der Waals surface area contributed by atoms with Crippen LogP contribution < -0.4 is 5.73 Å². The Morgan fingerprint density at radius 1 is 1.46 bits per heavy atom. The predicted molar refractivity (Wildman–Crippen MR) is 92.1 cm³/mol. The predicted octanol–water partition coefficient (Wildman–Crippen LogP) is 2.08. The van der Waals surface area contributed by atoms with Crippen molar-refractivity contribution in [2.75, 3.05) is 7.05 Å². The van der Waals surface area contributed by atoms with Crippen LogP contribution >= 0.6 is 12.2 Å². The number of benzene rings is 1. The molecule has 1 heterocycles. The third-order valence-corrected chi connectivity index (χ3v) is 4.06. The van der Waals surface area contributed by atoms with Gasteiger partial charge in [-0.1, -0.05) is 12.1 Å². The van der Waals surface area contributed by atoms with E-state index in [1.165, 1.54) is 12.1 Å². The van der Waals surface area contributed by atoms with Crippen LogP contribution in [-0.2, 0) is 31.0 Å². The van der Waals surface area contributed by atoms with Crippen LogP contribution in [0, 0.1) is 10.6 Å². The first kappa shape index (κ1) is 18.3. The van der Waals surface area contributed by atoms with Crippen molar-refractivity contribution in [2.24, 2.45) is 5.73 Å². The molecule has 2 aromatic rings. The molecule has 6 nitrogen and oxygen atoms in total. The molecule has 130 valence electrons. The van der Waals surface area contributed by atoms with Gasteiger partial charge >= 0.3 is 0 Å². The molecule has 0 aliphatic heterocycles. The van der Waals surface area contributed by atoms with Gasteiger partial charge in [-0.05, 0) is 43.9 Å². The number of amides is 1. The number of halogens is 1. The molecule has 0 radical (unpaired) electrons. The minimum absolute atomic E-state index is 0.241. The van der Waals surface area contributed by atoms with Crippen molar-refractivity contribution in [1.29, 1.82) is 0 Å². The number of nitrogens with zero attached hydrogens (tertiary/aromatic N) is 4. The summed E-state index contributed by atoms with van der Waals surface area (Å²) in [6, 6.07) is 6.51. The van der Waals surface area contributed by atoms with Gasteiger partial charge in [0.25, 0.3) is 0 Å². The summed E-state index contributed by atoms with van der Waals surface area (Å²) in [7, 11) is 1.92. The van der Waals surface area contributed by atoms with E-state index >= 15 is 0 Å². The Morgan fingerprint density at radius 3 is 2.83 bits per heavy atom. The zero-order valence-electron chi connectivity index (χ0n) is 13.9. The molecular formula is C16H22FN5OS. The number of aromatic nitrogens is 3. The van der Waals surface area contributed by atoms with E-state index in [1.807, 2.05) is 29.5 Å². The maximum absolute atomic E-state index is 13.3. The van der Waals surface area contributed by atoms with Gasteiger partial charge in [-0.2, -0.15) is 5.10 Å². The SMILES string of the molecule is CCn1c(CCC(N)=O)nn(CN(C)Cc2cccc(F)c2)c1=S. The molecule has 0 saturated carbocycles. The second-order valence-electron chi connectivity index (χ2n) is 5.69. The topological polar surface area (TPSA) is 69.1 Å². The van der Waals surface area contributed by atoms with Crippen molar-refractivity contribution >= 4 is 18.1 Å². The molecule has 0 saturated heterocycles. The molecule has 0 aliphatic rings. The lowest BCUT2D eigenvalue weighted by Gasteiger charge is -2.16. The number of rotatable bonds is 8. The molecule has 0 fully saturated rings. The lowest BCUT2D eigenvalue weighted by molar-refractivity contribution is -0.118. The molecule has 0 spiro atoms. The minimum Gasteiger partial charge on any atom is -0.370 e. The van der Waals surface area contributed by atoms with Gasteiger partial charge in [-0.3, -0.25) is 9.69 Å². The standard InChI is InChI=1S/C16H22FN5OS/c1-3-21-15(8-7-14(18)23)19-22(16(21)24)11-20(2)10-12-5-4-6-13(17)9-12/h4-6,9H,3,7-8,10-11H2,1-2H3,(H2,18,23). The van der Waals surface area contributed by atoms with Crippen molar-refractivity contribution < 1.29 is 9.18 Å². The van der Waals surface area contributed by atoms with E-state index < -0.39 is 0 Å². The minimum atomic E-state index is -0.360. The van der Waals surface area contributed by atoms with E-state index in [0.29, 0.717) is 31.0 Å². The van der Waals surface area contributed by atoms with Crippen LogP contribution in [0.25, 0.3) is 0 Å². The third-order valence-electron chi connectivity index (χ3n) is 3.63. The number of aryl methyl sites for hydroxylation is 1. The Labute approximate surface area is 145 Å². The van der Waals surface area contributed by atoms with E-state index in [2.05, 4.69) is 5.10 Å². The van der Waals surface area contributed by atoms with E-state index in [-0.39, 0.29) is 18.1 Å². The van der Waals surface area contributed by atoms with Crippen LogP contribution in [0.4, 0.5) is 4.39 Å². The first-order valence-corrected chi connectivity index (χ1v) is 8.19. The van der Waals surface area contributed by atoms with Crippen molar-refractivity contribution in [3.8, 4) is 0 Å². The van der Waals surface area contributed by atoms with Crippen LogP contribution in [-0.4, -0.2) is 32.2 Å². The molecule has 24 heavy (non-hydrogen) atoms. The molecule has 0 bridgehead atoms. The Balaban J connectivity index is 2.11. The molecule has 1 aromatic heterocycles. The van der Waals surface area contributed by atoms with E-state index in [1.54, 1.807) is 10.7 Å². The van der Waals surface area contributed by atoms with Crippen LogP contribution in [0.15, 0.2) is 24.3 Å². The quantitative estimate of drug-likeness (QED) is 0.740. The summed E-state index contributed by atoms with van der Waals surface area (Å²) >= 11 is 5.46. The second-order valence-corrected chi connectivity index (χ2v) is 6.06. The zero-order valence-corrected chi connectivity index (χ0v) is 14.7. The molecule has 0 atom stereocenters. The monoisotopic (exact) mass is 351 g/mol. The summed E-state index contributed by atoms with van der Waals surface area (Å²) in [4.78, 5) is 13.0. The van der Waals surface area contributed by atoms with Crippen molar-refractivity contribution in [1.82, 2.24) is 19.2 Å². The molecule has 2 N–H and O–H groups in total. The smallest absolute Gasteiger partial charge is 0.217 e. The normalized spacial score (nSPS) is 11.2. The van der Waals surface area contributed by atoms with Gasteiger partial charge in [0, 0.05) is 25.9 Å². The highest BCUT2D eigenvalue weighted by Crippen LogP contribution is 2.09. The van der Waals surface area contributed by atoms with Crippen molar-refractivity contribution in [3.63, 3.8) is 0 Å². The maximum Gasteiger partial charge on any atom is 0.217 e. The fourth-order valence-corrected chi connectivity index (χ4v) is 2.87. The molecule has 1 aromatic carbocycles. The van der Waals surface area contributed by atoms with Crippen molar-refractivity contribution in [2.45, 2.75) is 39.5 Å². The van der Waals surface area contributed by atoms with Gasteiger partial charge in [-0.25, -0.2) is 9.07 Å². The van der Waals surface area contributed by atoms with Crippen LogP contribution in [0.2, 0.25) is 0 Å². The lowest BCUT2D eigenvalue weighted by atomic mass is 10.2. The summed E-state index contributed by atoms with van der Waals surface area (Å²) < 4.78 is 17.5. The van der Waals surface area contributed by atoms with Gasteiger partial charge < -0.3 is 10.3 Å². The number of nitrogens with two attached hydrogens (primary N) is 1. The molecular weight excluding hydrogens is 329 g/mol. The molecule has 8 heteroatoms. The summed E-state index contributed by atoms with van der Waals surface area (Å²) in [6.07, 6.45) is 0.707. The van der Waals surface area contributed by atoms with Gasteiger partial charge in [0.2, 0.25) is 5.91 Å². The van der Waals surface area contributed by atoms with Gasteiger partial charge in [0.15, 0.2) is 4.77 Å². The fourth-order valence-electron chi connectivity index (χ4n) is 2.54. The number of carbonyl (C=O) groups is 1. The average molecular weight is 351 g/mol. The molecule has 0 unspecified atom stereocenters. The largest absolute Gasteiger partial charge is 0.370 e. The Kier molecular flexibility index (Phi) is 6.22.